The van der Waals surface area contributed by atoms with E-state index in [4.69, 9.17) is 4.74 Å². The van der Waals surface area contributed by atoms with Gasteiger partial charge in [-0.2, -0.15) is 18.2 Å². The number of methoxy groups -OCH3 is 1. The largest absolute Gasteiger partial charge is 0.523 e. The van der Waals surface area contributed by atoms with Crippen molar-refractivity contribution in [1.29, 1.82) is 0 Å². The molecule has 52 valence electrons. The molecule has 0 saturated heterocycles. The maximum Gasteiger partial charge on any atom is 0.0743 e. The van der Waals surface area contributed by atoms with Crippen molar-refractivity contribution >= 4 is 17.0 Å². The molecule has 0 atom stereocenters. The molecule has 0 heterocycles. The second kappa shape index (κ2) is 7.23. The first-order valence-corrected chi connectivity index (χ1v) is 2.44. The molecule has 1 aromatic rings. The molecule has 1 aromatic carbocycles. The maximum absolute atomic E-state index is 4.86. The number of rotatable bonds is 1. The van der Waals surface area contributed by atoms with Gasteiger partial charge in [0.1, 0.15) is 0 Å². The van der Waals surface area contributed by atoms with Crippen molar-refractivity contribution < 1.29 is 24.2 Å². The fourth-order valence-corrected chi connectivity index (χ4v) is 0.504. The van der Waals surface area contributed by atoms with Crippen molar-refractivity contribution in [3.05, 3.63) is 30.3 Å². The monoisotopic (exact) mass is 251 g/mol. The van der Waals surface area contributed by atoms with Crippen molar-refractivity contribution in [3.8, 4) is 5.75 Å². The van der Waals surface area contributed by atoms with Crippen LogP contribution in [0.25, 0.3) is 0 Å². The molecule has 0 amide bonds. The third-order valence-electron chi connectivity index (χ3n) is 0.900. The summed E-state index contributed by atoms with van der Waals surface area (Å²) in [4.78, 5) is 0. The van der Waals surface area contributed by atoms with Gasteiger partial charge < -0.3 is 4.74 Å². The molecule has 0 aliphatic heterocycles. The van der Waals surface area contributed by atoms with E-state index >= 15 is 0 Å². The van der Waals surface area contributed by atoms with E-state index in [9.17, 15) is 0 Å². The molecule has 0 aromatic heterocycles. The van der Waals surface area contributed by atoms with Crippen LogP contribution in [0.4, 0.5) is 0 Å². The molecule has 3 heteroatoms. The van der Waals surface area contributed by atoms with E-state index in [1.807, 2.05) is 24.3 Å². The third kappa shape index (κ3) is 4.02. The predicted molar refractivity (Wildman–Crippen MR) is 42.2 cm³/mol. The summed E-state index contributed by atoms with van der Waals surface area (Å²) >= 11 is 0. The summed E-state index contributed by atoms with van der Waals surface area (Å²) in [5.41, 5.74) is 0. The van der Waals surface area contributed by atoms with Crippen LogP contribution >= 0.6 is 17.0 Å². The van der Waals surface area contributed by atoms with Crippen LogP contribution in [0.15, 0.2) is 24.3 Å². The molecule has 0 aliphatic carbocycles. The Bertz CT molecular complexity index is 155. The zero-order valence-electron chi connectivity index (χ0n) is 5.83. The van der Waals surface area contributed by atoms with Crippen LogP contribution in [0.1, 0.15) is 0 Å². The van der Waals surface area contributed by atoms with Crippen LogP contribution in [0.3, 0.4) is 0 Å². The standard InChI is InChI=1S/C7H7O.BrH.Zn/c1-8-7-5-3-2-4-6-7;;/h2-5H,1H3;1H;/q-1;;. The van der Waals surface area contributed by atoms with Gasteiger partial charge in [0, 0.05) is 25.2 Å². The molecule has 1 nitrogen and oxygen atoms in total. The van der Waals surface area contributed by atoms with E-state index in [0.717, 1.165) is 5.75 Å². The Balaban J connectivity index is 0. The van der Waals surface area contributed by atoms with Crippen molar-refractivity contribution in [2.45, 2.75) is 0 Å². The first-order chi connectivity index (χ1) is 3.93. The first kappa shape index (κ1) is 12.8. The topological polar surface area (TPSA) is 9.23 Å². The molecule has 0 spiro atoms. The molecule has 0 N–H and O–H groups in total. The fraction of sp³-hybridized carbons (Fsp3) is 0.143. The van der Waals surface area contributed by atoms with Gasteiger partial charge in [0.05, 0.1) is 7.11 Å². The number of hydrogen-bond acceptors (Lipinski definition) is 1. The van der Waals surface area contributed by atoms with Gasteiger partial charge >= 0.3 is 0 Å². The minimum Gasteiger partial charge on any atom is -0.523 e. The van der Waals surface area contributed by atoms with Crippen molar-refractivity contribution in [3.63, 3.8) is 0 Å². The Kier molecular flexibility index (Phi) is 9.24. The van der Waals surface area contributed by atoms with Crippen molar-refractivity contribution in [2.24, 2.45) is 0 Å². The Morgan fingerprint density at radius 2 is 2.10 bits per heavy atom. The second-order valence-electron chi connectivity index (χ2n) is 1.43. The molecular weight excluding hydrogens is 245 g/mol. The molecule has 0 unspecified atom stereocenters. The Labute approximate surface area is 84.3 Å². The minimum absolute atomic E-state index is 0. The van der Waals surface area contributed by atoms with Gasteiger partial charge in [0.25, 0.3) is 0 Å². The van der Waals surface area contributed by atoms with E-state index in [1.54, 1.807) is 7.11 Å². The number of ether oxygens (including phenoxy) is 1. The Morgan fingerprint density at radius 3 is 2.40 bits per heavy atom. The average molecular weight is 253 g/mol. The zero-order valence-corrected chi connectivity index (χ0v) is 10.5. The third-order valence-corrected chi connectivity index (χ3v) is 0.900. The number of para-hydroxylation sites is 1. The summed E-state index contributed by atoms with van der Waals surface area (Å²) in [5, 5.41) is 0. The van der Waals surface area contributed by atoms with Gasteiger partial charge in [-0.05, 0) is 0 Å². The molecule has 10 heavy (non-hydrogen) atoms. The summed E-state index contributed by atoms with van der Waals surface area (Å²) in [6.45, 7) is 0. The summed E-state index contributed by atoms with van der Waals surface area (Å²) in [7, 11) is 1.63. The van der Waals surface area contributed by atoms with Gasteiger partial charge in [0.2, 0.25) is 0 Å². The Hall–Kier alpha value is 0.123. The van der Waals surface area contributed by atoms with Crippen LogP contribution in [-0.2, 0) is 19.5 Å². The number of halogens is 1. The molecule has 0 aliphatic rings. The molecular formula is C7H8BrOZn-. The average Bonchev–Trinajstić information content (AvgIpc) is 1.90. The second-order valence-corrected chi connectivity index (χ2v) is 1.43. The molecule has 0 radical (unpaired) electrons. The molecule has 0 saturated carbocycles. The van der Waals surface area contributed by atoms with Gasteiger partial charge in [-0.25, -0.2) is 0 Å². The summed E-state index contributed by atoms with van der Waals surface area (Å²) in [5.74, 6) is 0.785. The zero-order chi connectivity index (χ0) is 5.82. The van der Waals surface area contributed by atoms with Gasteiger partial charge in [-0.1, -0.05) is 0 Å². The van der Waals surface area contributed by atoms with Crippen LogP contribution in [0.5, 0.6) is 5.75 Å². The van der Waals surface area contributed by atoms with Crippen LogP contribution in [0.2, 0.25) is 0 Å². The SMILES string of the molecule is Br.COc1[c-]cccc1.[Zn]. The normalized spacial score (nSPS) is 6.90. The number of benzene rings is 1. The van der Waals surface area contributed by atoms with E-state index < -0.39 is 0 Å². The summed E-state index contributed by atoms with van der Waals surface area (Å²) in [6.07, 6.45) is 0. The van der Waals surface area contributed by atoms with Gasteiger partial charge in [0.15, 0.2) is 0 Å². The van der Waals surface area contributed by atoms with E-state index in [0.29, 0.717) is 0 Å². The maximum atomic E-state index is 4.86. The van der Waals surface area contributed by atoms with Crippen LogP contribution in [0, 0.1) is 6.07 Å². The van der Waals surface area contributed by atoms with Gasteiger partial charge in [-0.3, -0.25) is 0 Å². The first-order valence-electron chi connectivity index (χ1n) is 2.44. The van der Waals surface area contributed by atoms with Crippen molar-refractivity contribution in [2.75, 3.05) is 7.11 Å². The Morgan fingerprint density at radius 1 is 1.40 bits per heavy atom. The molecule has 0 fully saturated rings. The summed E-state index contributed by atoms with van der Waals surface area (Å²) < 4.78 is 4.86. The molecule has 0 bridgehead atoms. The molecule has 1 rings (SSSR count). The van der Waals surface area contributed by atoms with Crippen LogP contribution < -0.4 is 4.74 Å². The predicted octanol–water partition coefficient (Wildman–Crippen LogP) is 2.07. The smallest absolute Gasteiger partial charge is 0.0743 e. The van der Waals surface area contributed by atoms with Crippen molar-refractivity contribution in [1.82, 2.24) is 0 Å². The van der Waals surface area contributed by atoms with E-state index in [-0.39, 0.29) is 36.5 Å². The van der Waals surface area contributed by atoms with Crippen LogP contribution in [-0.4, -0.2) is 7.11 Å². The minimum atomic E-state index is 0. The number of hydrogen-bond donors (Lipinski definition) is 0. The summed E-state index contributed by atoms with van der Waals surface area (Å²) in [6, 6.07) is 10.4. The van der Waals surface area contributed by atoms with E-state index in [1.165, 1.54) is 0 Å². The van der Waals surface area contributed by atoms with Gasteiger partial charge in [-0.15, -0.1) is 29.1 Å². The van der Waals surface area contributed by atoms with E-state index in [2.05, 4.69) is 6.07 Å². The quantitative estimate of drug-likeness (QED) is 0.550. The fourth-order valence-electron chi connectivity index (χ4n) is 0.504.